The molecule has 7 nitrogen and oxygen atoms in total. The van der Waals surface area contributed by atoms with E-state index >= 15 is 0 Å². The first-order chi connectivity index (χ1) is 15.5. The molecule has 3 aromatic rings. The number of nitrogens with zero attached hydrogens (tertiary/aromatic N) is 5. The van der Waals surface area contributed by atoms with Gasteiger partial charge in [-0.3, -0.25) is 9.59 Å². The predicted molar refractivity (Wildman–Crippen MR) is 126 cm³/mol. The molecule has 0 N–H and O–H groups in total. The normalized spacial score (nSPS) is 15.1. The number of aromatic nitrogens is 2. The summed E-state index contributed by atoms with van der Waals surface area (Å²) in [6.07, 6.45) is 4.20. The maximum absolute atomic E-state index is 13.0. The fourth-order valence-corrected chi connectivity index (χ4v) is 4.02. The molecule has 1 atom stereocenters. The van der Waals surface area contributed by atoms with Crippen LogP contribution in [0, 0.1) is 11.3 Å². The quantitative estimate of drug-likeness (QED) is 0.539. The molecule has 0 spiro atoms. The molecule has 33 heavy (non-hydrogen) atoms. The van der Waals surface area contributed by atoms with Crippen molar-refractivity contribution in [1.82, 2.24) is 19.4 Å². The lowest BCUT2D eigenvalue weighted by Gasteiger charge is -2.24. The number of likely N-dealkylation sites (tertiary alicyclic amines) is 1. The highest BCUT2D eigenvalue weighted by molar-refractivity contribution is 5.89. The van der Waals surface area contributed by atoms with Crippen molar-refractivity contribution in [3.05, 3.63) is 89.5 Å². The van der Waals surface area contributed by atoms with Crippen LogP contribution < -0.4 is 0 Å². The zero-order valence-corrected chi connectivity index (χ0v) is 19.2. The molecular weight excluding hydrogens is 438 g/mol. The Morgan fingerprint density at radius 2 is 1.82 bits per heavy atom. The van der Waals surface area contributed by atoms with Crippen molar-refractivity contribution in [1.29, 1.82) is 5.26 Å². The van der Waals surface area contributed by atoms with Crippen LogP contribution in [0.4, 0.5) is 0 Å². The molecule has 1 aliphatic heterocycles. The van der Waals surface area contributed by atoms with E-state index < -0.39 is 6.04 Å². The summed E-state index contributed by atoms with van der Waals surface area (Å²) < 4.78 is 1.92. The Bertz CT molecular complexity index is 1140. The Kier molecular flexibility index (Phi) is 7.86. The Labute approximate surface area is 199 Å². The van der Waals surface area contributed by atoms with E-state index in [1.54, 1.807) is 36.6 Å². The molecule has 4 rings (SSSR count). The number of amides is 2. The average molecular weight is 464 g/mol. The largest absolute Gasteiger partial charge is 0.336 e. The van der Waals surface area contributed by atoms with Crippen LogP contribution in [0.1, 0.15) is 28.8 Å². The number of imidazole rings is 1. The third kappa shape index (κ3) is 5.60. The van der Waals surface area contributed by atoms with Crippen molar-refractivity contribution in [2.75, 3.05) is 13.6 Å². The average Bonchev–Trinajstić information content (AvgIpc) is 3.40. The molecule has 0 bridgehead atoms. The molecule has 0 saturated carbocycles. The van der Waals surface area contributed by atoms with Crippen molar-refractivity contribution in [3.8, 4) is 6.07 Å². The van der Waals surface area contributed by atoms with E-state index in [0.29, 0.717) is 31.6 Å². The second-order valence-corrected chi connectivity index (χ2v) is 8.05. The molecule has 1 unspecified atom stereocenters. The van der Waals surface area contributed by atoms with Gasteiger partial charge in [0.2, 0.25) is 11.8 Å². The summed E-state index contributed by atoms with van der Waals surface area (Å²) in [7, 11) is 1.71. The lowest BCUT2D eigenvalue weighted by atomic mass is 10.1. The number of nitriles is 1. The zero-order valence-electron chi connectivity index (χ0n) is 18.4. The summed E-state index contributed by atoms with van der Waals surface area (Å²) in [5.41, 5.74) is 3.51. The number of halogens is 1. The molecule has 0 aliphatic carbocycles. The van der Waals surface area contributed by atoms with E-state index in [2.05, 4.69) is 11.1 Å². The Morgan fingerprint density at radius 1 is 1.12 bits per heavy atom. The predicted octanol–water partition coefficient (Wildman–Crippen LogP) is 3.03. The van der Waals surface area contributed by atoms with Crippen LogP contribution in [-0.2, 0) is 29.1 Å². The lowest BCUT2D eigenvalue weighted by Crippen LogP contribution is -2.43. The van der Waals surface area contributed by atoms with Gasteiger partial charge in [-0.2, -0.15) is 5.26 Å². The van der Waals surface area contributed by atoms with Gasteiger partial charge >= 0.3 is 0 Å². The highest BCUT2D eigenvalue weighted by Gasteiger charge is 2.36. The van der Waals surface area contributed by atoms with Crippen LogP contribution in [0.2, 0.25) is 0 Å². The number of rotatable bonds is 7. The molecule has 1 aliphatic rings. The number of likely N-dealkylation sites (N-methyl/N-ethyl adjacent to an activating group) is 1. The van der Waals surface area contributed by atoms with Crippen LogP contribution >= 0.6 is 12.4 Å². The van der Waals surface area contributed by atoms with Gasteiger partial charge < -0.3 is 14.4 Å². The van der Waals surface area contributed by atoms with Crippen LogP contribution in [0.3, 0.4) is 0 Å². The fourth-order valence-electron chi connectivity index (χ4n) is 4.02. The summed E-state index contributed by atoms with van der Waals surface area (Å²) >= 11 is 0. The minimum Gasteiger partial charge on any atom is -0.336 e. The summed E-state index contributed by atoms with van der Waals surface area (Å²) in [5.74, 6) is -0.109. The summed E-state index contributed by atoms with van der Waals surface area (Å²) in [5, 5.41) is 8.94. The zero-order chi connectivity index (χ0) is 22.5. The van der Waals surface area contributed by atoms with Crippen molar-refractivity contribution in [2.45, 2.75) is 32.0 Å². The third-order valence-corrected chi connectivity index (χ3v) is 5.91. The fraction of sp³-hybridized carbons (Fsp3) is 0.280. The molecule has 1 saturated heterocycles. The monoisotopic (exact) mass is 463 g/mol. The van der Waals surface area contributed by atoms with Crippen LogP contribution in [-0.4, -0.2) is 50.8 Å². The molecule has 2 amide bonds. The molecule has 2 aromatic carbocycles. The summed E-state index contributed by atoms with van der Waals surface area (Å²) in [6, 6.07) is 18.9. The van der Waals surface area contributed by atoms with Crippen molar-refractivity contribution in [2.24, 2.45) is 0 Å². The number of hydrogen-bond acceptors (Lipinski definition) is 4. The lowest BCUT2D eigenvalue weighted by molar-refractivity contribution is -0.140. The van der Waals surface area contributed by atoms with E-state index in [0.717, 1.165) is 16.8 Å². The van der Waals surface area contributed by atoms with E-state index in [-0.39, 0.29) is 30.6 Å². The van der Waals surface area contributed by atoms with Crippen LogP contribution in [0.25, 0.3) is 0 Å². The first kappa shape index (κ1) is 24.0. The van der Waals surface area contributed by atoms with Gasteiger partial charge in [-0.15, -0.1) is 12.4 Å². The first-order valence-corrected chi connectivity index (χ1v) is 10.6. The molecule has 1 fully saturated rings. The summed E-state index contributed by atoms with van der Waals surface area (Å²) in [4.78, 5) is 33.5. The van der Waals surface area contributed by atoms with E-state index in [4.69, 9.17) is 5.26 Å². The molecular formula is C25H26ClN5O2. The van der Waals surface area contributed by atoms with Crippen molar-refractivity contribution < 1.29 is 9.59 Å². The van der Waals surface area contributed by atoms with E-state index in [1.165, 1.54) is 0 Å². The summed E-state index contributed by atoms with van der Waals surface area (Å²) in [6.45, 7) is 1.77. The highest BCUT2D eigenvalue weighted by Crippen LogP contribution is 2.20. The van der Waals surface area contributed by atoms with Gasteiger partial charge in [-0.25, -0.2) is 4.98 Å². The van der Waals surface area contributed by atoms with Gasteiger partial charge in [-0.05, 0) is 29.7 Å². The minimum absolute atomic E-state index is 0. The van der Waals surface area contributed by atoms with Gasteiger partial charge in [0.05, 0.1) is 24.4 Å². The number of hydrogen-bond donors (Lipinski definition) is 0. The van der Waals surface area contributed by atoms with Gasteiger partial charge in [0.1, 0.15) is 6.04 Å². The van der Waals surface area contributed by atoms with E-state index in [9.17, 15) is 9.59 Å². The van der Waals surface area contributed by atoms with Gasteiger partial charge in [-0.1, -0.05) is 42.5 Å². The number of carbonyl (C=O) groups is 2. The van der Waals surface area contributed by atoms with Gasteiger partial charge in [0.15, 0.2) is 0 Å². The molecule has 1 aromatic heterocycles. The molecule has 0 radical (unpaired) electrons. The smallest absolute Gasteiger partial charge is 0.245 e. The maximum Gasteiger partial charge on any atom is 0.245 e. The van der Waals surface area contributed by atoms with Gasteiger partial charge in [0, 0.05) is 38.6 Å². The Morgan fingerprint density at radius 3 is 2.52 bits per heavy atom. The highest BCUT2D eigenvalue weighted by atomic mass is 35.5. The van der Waals surface area contributed by atoms with Crippen LogP contribution in [0.15, 0.2) is 67.1 Å². The third-order valence-electron chi connectivity index (χ3n) is 5.91. The van der Waals surface area contributed by atoms with Crippen molar-refractivity contribution in [3.63, 3.8) is 0 Å². The Hall–Kier alpha value is -3.63. The second kappa shape index (κ2) is 10.8. The van der Waals surface area contributed by atoms with E-state index in [1.807, 2.05) is 51.9 Å². The second-order valence-electron chi connectivity index (χ2n) is 8.05. The van der Waals surface area contributed by atoms with Gasteiger partial charge in [0.25, 0.3) is 0 Å². The molecule has 170 valence electrons. The standard InChI is InChI=1S/C25H25N5O2.ClH/c1-28(23-11-12-29(25(23)32)16-20-5-3-2-4-6-20)24(31)13-22-15-27-18-30(22)17-21-9-7-19(14-26)8-10-21;/h2-10,15,18,23H,11-13,16-17H2,1H3;1H. The van der Waals surface area contributed by atoms with Crippen molar-refractivity contribution >= 4 is 24.2 Å². The topological polar surface area (TPSA) is 82.2 Å². The maximum atomic E-state index is 13.0. The number of carbonyl (C=O) groups excluding carboxylic acids is 2. The first-order valence-electron chi connectivity index (χ1n) is 10.6. The molecule has 8 heteroatoms. The SMILES string of the molecule is CN(C(=O)Cc1cncn1Cc1ccc(C#N)cc1)C1CCN(Cc2ccccc2)C1=O.Cl. The Balaban J connectivity index is 0.00000306. The minimum atomic E-state index is -0.430. The number of benzene rings is 2. The molecule has 2 heterocycles. The van der Waals surface area contributed by atoms with Crippen LogP contribution in [0.5, 0.6) is 0 Å².